The Morgan fingerprint density at radius 3 is 2.21 bits per heavy atom. The van der Waals surface area contributed by atoms with Crippen LogP contribution in [0.1, 0.15) is 62.1 Å². The summed E-state index contributed by atoms with van der Waals surface area (Å²) in [7, 11) is -2.48. The van der Waals surface area contributed by atoms with Crippen LogP contribution in [0.2, 0.25) is 0 Å². The Morgan fingerprint density at radius 1 is 0.979 bits per heavy atom. The first-order valence-electron chi connectivity index (χ1n) is 15.1. The van der Waals surface area contributed by atoms with Gasteiger partial charge in [0.25, 0.3) is 11.8 Å². The molecular formula is C34H38FN5O7S. The molecule has 0 bridgehead atoms. The molecule has 0 aliphatic heterocycles. The van der Waals surface area contributed by atoms with E-state index in [1.807, 2.05) is 30.3 Å². The molecule has 0 fully saturated rings. The van der Waals surface area contributed by atoms with Gasteiger partial charge < -0.3 is 20.5 Å². The molecule has 0 unspecified atom stereocenters. The summed E-state index contributed by atoms with van der Waals surface area (Å²) in [4.78, 5) is 39.3. The minimum atomic E-state index is -3.78. The molecule has 0 saturated carbocycles. The second-order valence-corrected chi connectivity index (χ2v) is 13.3. The molecule has 14 heteroatoms. The van der Waals surface area contributed by atoms with Gasteiger partial charge in [0.05, 0.1) is 55.0 Å². The van der Waals surface area contributed by atoms with Crippen molar-refractivity contribution in [3.05, 3.63) is 119 Å². The number of esters is 1. The maximum Gasteiger partial charge on any atom is 0.341 e. The minimum absolute atomic E-state index is 0.00491. The van der Waals surface area contributed by atoms with E-state index in [1.54, 1.807) is 13.8 Å². The number of aromatic nitrogens is 2. The third-order valence-corrected chi connectivity index (χ3v) is 8.82. The van der Waals surface area contributed by atoms with E-state index in [4.69, 9.17) is 4.74 Å². The van der Waals surface area contributed by atoms with E-state index >= 15 is 0 Å². The van der Waals surface area contributed by atoms with Crippen molar-refractivity contribution >= 4 is 33.5 Å². The van der Waals surface area contributed by atoms with Crippen LogP contribution in [0.5, 0.6) is 0 Å². The number of carbonyl (C=O) groups is 3. The molecule has 0 saturated heterocycles. The molecule has 1 aromatic heterocycles. The first-order valence-corrected chi connectivity index (χ1v) is 17.0. The van der Waals surface area contributed by atoms with E-state index < -0.39 is 51.8 Å². The van der Waals surface area contributed by atoms with Crippen molar-refractivity contribution in [3.8, 4) is 0 Å². The Kier molecular flexibility index (Phi) is 11.7. The van der Waals surface area contributed by atoms with E-state index in [0.717, 1.165) is 16.1 Å². The largest absolute Gasteiger partial charge is 0.462 e. The summed E-state index contributed by atoms with van der Waals surface area (Å²) in [5.74, 6) is -2.25. The van der Waals surface area contributed by atoms with Crippen molar-refractivity contribution in [2.24, 2.45) is 0 Å². The van der Waals surface area contributed by atoms with Gasteiger partial charge in [0.2, 0.25) is 10.0 Å². The number of hydrogen-bond acceptors (Lipinski definition) is 8. The smallest absolute Gasteiger partial charge is 0.341 e. The van der Waals surface area contributed by atoms with Gasteiger partial charge in [-0.25, -0.2) is 17.6 Å². The van der Waals surface area contributed by atoms with Crippen LogP contribution in [-0.4, -0.2) is 73.1 Å². The maximum atomic E-state index is 13.8. The number of ether oxygens (including phenoxy) is 1. The molecule has 0 spiro atoms. The molecule has 3 N–H and O–H groups in total. The molecule has 3 atom stereocenters. The fraction of sp³-hybridized carbons (Fsp3) is 0.294. The van der Waals surface area contributed by atoms with Crippen LogP contribution < -0.4 is 14.9 Å². The van der Waals surface area contributed by atoms with Crippen LogP contribution in [0.3, 0.4) is 0 Å². The molecule has 4 aromatic rings. The van der Waals surface area contributed by atoms with Crippen molar-refractivity contribution in [2.45, 2.75) is 45.0 Å². The lowest BCUT2D eigenvalue weighted by atomic mass is 10.00. The van der Waals surface area contributed by atoms with Crippen molar-refractivity contribution in [3.63, 3.8) is 0 Å². The lowest BCUT2D eigenvalue weighted by Crippen LogP contribution is -2.46. The Labute approximate surface area is 278 Å². The molecule has 0 radical (unpaired) electrons. The summed E-state index contributed by atoms with van der Waals surface area (Å²) >= 11 is 0. The highest BCUT2D eigenvalue weighted by molar-refractivity contribution is 7.92. The second-order valence-electron chi connectivity index (χ2n) is 11.3. The van der Waals surface area contributed by atoms with Gasteiger partial charge in [0, 0.05) is 24.4 Å². The number of benzene rings is 3. The molecule has 0 aliphatic carbocycles. The summed E-state index contributed by atoms with van der Waals surface area (Å²) in [5, 5.41) is 21.1. The maximum absolute atomic E-state index is 13.8. The zero-order valence-corrected chi connectivity index (χ0v) is 27.8. The summed E-state index contributed by atoms with van der Waals surface area (Å²) in [6, 6.07) is 17.4. The van der Waals surface area contributed by atoms with Gasteiger partial charge >= 0.3 is 5.97 Å². The van der Waals surface area contributed by atoms with Crippen molar-refractivity contribution in [1.82, 2.24) is 20.4 Å². The van der Waals surface area contributed by atoms with Gasteiger partial charge in [-0.2, -0.15) is 5.10 Å². The Hall–Kier alpha value is -5.08. The number of anilines is 1. The number of carbonyl (C=O) groups excluding carboxylic acids is 3. The molecule has 48 heavy (non-hydrogen) atoms. The molecule has 12 nitrogen and oxygen atoms in total. The Balaban J connectivity index is 1.63. The number of hydrogen-bond donors (Lipinski definition) is 3. The van der Waals surface area contributed by atoms with Crippen LogP contribution in [-0.2, 0) is 27.7 Å². The fourth-order valence-electron chi connectivity index (χ4n) is 4.87. The van der Waals surface area contributed by atoms with Gasteiger partial charge in [-0.1, -0.05) is 42.5 Å². The fourth-order valence-corrected chi connectivity index (χ4v) is 5.35. The van der Waals surface area contributed by atoms with Crippen LogP contribution in [0.15, 0.2) is 85.2 Å². The molecule has 0 aliphatic rings. The zero-order chi connectivity index (χ0) is 35.0. The Bertz CT molecular complexity index is 1850. The molecule has 1 heterocycles. The third kappa shape index (κ3) is 9.48. The summed E-state index contributed by atoms with van der Waals surface area (Å²) in [6.07, 6.45) is 2.77. The van der Waals surface area contributed by atoms with Gasteiger partial charge in [-0.05, 0) is 61.7 Å². The first-order chi connectivity index (χ1) is 22.7. The standard InChI is InChI=1S/C34H38FN5O7S/c1-5-47-34(44)27-19-36-40(20-27)21-31(41)30(15-23-9-7-6-8-10-23)38-33(43)26-16-25(17-29(18-26)39(3)48(4,45)46)32(42)37-22(2)24-11-13-28(35)14-12-24/h6-14,16-20,22,30-31,41H,5,15,21H2,1-4H3,(H,37,42)(H,38,43)/t22-,30+,31+/m1/s1. The molecule has 4 rings (SSSR count). The molecular weight excluding hydrogens is 641 g/mol. The molecule has 254 valence electrons. The van der Waals surface area contributed by atoms with Gasteiger partial charge in [-0.15, -0.1) is 0 Å². The van der Waals surface area contributed by atoms with Crippen molar-refractivity contribution in [1.29, 1.82) is 0 Å². The Morgan fingerprint density at radius 2 is 1.60 bits per heavy atom. The van der Waals surface area contributed by atoms with Crippen LogP contribution >= 0.6 is 0 Å². The number of nitrogens with one attached hydrogen (secondary N) is 2. The zero-order valence-electron chi connectivity index (χ0n) is 27.0. The molecule has 3 aromatic carbocycles. The number of halogens is 1. The van der Waals surface area contributed by atoms with Gasteiger partial charge in [-0.3, -0.25) is 18.6 Å². The normalized spacial score (nSPS) is 13.2. The SMILES string of the molecule is CCOC(=O)c1cnn(C[C@H](O)[C@H](Cc2ccccc2)NC(=O)c2cc(C(=O)N[C@H](C)c3ccc(F)cc3)cc(N(C)S(C)(=O)=O)c2)c1. The number of sulfonamides is 1. The number of rotatable bonds is 14. The number of aliphatic hydroxyl groups is 1. The van der Waals surface area contributed by atoms with E-state index in [9.17, 15) is 32.3 Å². The highest BCUT2D eigenvalue weighted by atomic mass is 32.2. The van der Waals surface area contributed by atoms with Gasteiger partial charge in [0.1, 0.15) is 5.82 Å². The van der Waals surface area contributed by atoms with Crippen LogP contribution in [0, 0.1) is 5.82 Å². The summed E-state index contributed by atoms with van der Waals surface area (Å²) < 4.78 is 45.6. The summed E-state index contributed by atoms with van der Waals surface area (Å²) in [6.45, 7) is 3.50. The minimum Gasteiger partial charge on any atom is -0.462 e. The van der Waals surface area contributed by atoms with E-state index in [0.29, 0.717) is 5.56 Å². The van der Waals surface area contributed by atoms with Crippen LogP contribution in [0.4, 0.5) is 10.1 Å². The highest BCUT2D eigenvalue weighted by Crippen LogP contribution is 2.23. The summed E-state index contributed by atoms with van der Waals surface area (Å²) in [5.41, 5.74) is 1.69. The predicted molar refractivity (Wildman–Crippen MR) is 178 cm³/mol. The third-order valence-electron chi connectivity index (χ3n) is 7.62. The van der Waals surface area contributed by atoms with E-state index in [-0.39, 0.29) is 42.0 Å². The van der Waals surface area contributed by atoms with Crippen molar-refractivity contribution < 1.29 is 37.0 Å². The molecule has 2 amide bonds. The van der Waals surface area contributed by atoms with Crippen molar-refractivity contribution in [2.75, 3.05) is 24.2 Å². The number of amides is 2. The number of aliphatic hydroxyl groups excluding tert-OH is 1. The quantitative estimate of drug-likeness (QED) is 0.171. The van der Waals surface area contributed by atoms with Gasteiger partial charge in [0.15, 0.2) is 0 Å². The predicted octanol–water partition coefficient (Wildman–Crippen LogP) is 3.49. The first kappa shape index (κ1) is 35.8. The topological polar surface area (TPSA) is 160 Å². The monoisotopic (exact) mass is 679 g/mol. The second kappa shape index (κ2) is 15.7. The lowest BCUT2D eigenvalue weighted by Gasteiger charge is -2.25. The number of nitrogens with zero attached hydrogens (tertiary/aromatic N) is 3. The lowest BCUT2D eigenvalue weighted by molar-refractivity contribution is 0.0525. The van der Waals surface area contributed by atoms with Crippen LogP contribution in [0.25, 0.3) is 0 Å². The average Bonchev–Trinajstić information content (AvgIpc) is 3.52. The van der Waals surface area contributed by atoms with E-state index in [2.05, 4.69) is 15.7 Å². The highest BCUT2D eigenvalue weighted by Gasteiger charge is 2.26. The average molecular weight is 680 g/mol. The van der Waals surface area contributed by atoms with E-state index in [1.165, 1.54) is 66.6 Å².